The smallest absolute Gasteiger partial charge is 0.243 e. The second-order valence-electron chi connectivity index (χ2n) is 7.19. The molecule has 2 aromatic carbocycles. The van der Waals surface area contributed by atoms with Crippen molar-refractivity contribution in [1.29, 1.82) is 0 Å². The van der Waals surface area contributed by atoms with Gasteiger partial charge in [0.2, 0.25) is 15.9 Å². The molecule has 0 bridgehead atoms. The highest BCUT2D eigenvalue weighted by Crippen LogP contribution is 2.25. The standard InChI is InChI=1S/C23H28N4O4S2/c1-5-26(6-2)33(29,30)21-14-18(11-10-17(21)3)25-22(28)16-32-23-24-12-13-27(23)19-8-7-9-20(15-19)31-4/h7-15H,5-6,16H2,1-4H3,(H,25,28). The first-order valence-corrected chi connectivity index (χ1v) is 12.9. The summed E-state index contributed by atoms with van der Waals surface area (Å²) in [4.78, 5) is 17.1. The molecule has 33 heavy (non-hydrogen) atoms. The van der Waals surface area contributed by atoms with Crippen LogP contribution in [0.25, 0.3) is 5.69 Å². The maximum Gasteiger partial charge on any atom is 0.243 e. The highest BCUT2D eigenvalue weighted by molar-refractivity contribution is 7.99. The van der Waals surface area contributed by atoms with Gasteiger partial charge in [-0.3, -0.25) is 9.36 Å². The maximum absolute atomic E-state index is 12.9. The highest BCUT2D eigenvalue weighted by atomic mass is 32.2. The number of nitrogens with one attached hydrogen (secondary N) is 1. The van der Waals surface area contributed by atoms with Crippen molar-refractivity contribution in [2.24, 2.45) is 0 Å². The molecule has 0 atom stereocenters. The quantitative estimate of drug-likeness (QED) is 0.435. The van der Waals surface area contributed by atoms with Crippen LogP contribution in [0.1, 0.15) is 19.4 Å². The fraction of sp³-hybridized carbons (Fsp3) is 0.304. The number of aromatic nitrogens is 2. The summed E-state index contributed by atoms with van der Waals surface area (Å²) in [6.07, 6.45) is 3.49. The second kappa shape index (κ2) is 10.9. The Kier molecular flexibility index (Phi) is 8.17. The van der Waals surface area contributed by atoms with Gasteiger partial charge < -0.3 is 10.1 Å². The van der Waals surface area contributed by atoms with E-state index in [0.717, 1.165) is 11.4 Å². The number of carbonyl (C=O) groups excluding carboxylic acids is 1. The lowest BCUT2D eigenvalue weighted by molar-refractivity contribution is -0.113. The van der Waals surface area contributed by atoms with Gasteiger partial charge in [-0.15, -0.1) is 0 Å². The van der Waals surface area contributed by atoms with Gasteiger partial charge in [-0.05, 0) is 36.8 Å². The molecule has 176 valence electrons. The normalized spacial score (nSPS) is 11.5. The van der Waals surface area contributed by atoms with Crippen LogP contribution in [0.15, 0.2) is 64.9 Å². The summed E-state index contributed by atoms with van der Waals surface area (Å²) >= 11 is 1.29. The Morgan fingerprint density at radius 1 is 1.18 bits per heavy atom. The second-order valence-corrected chi connectivity index (χ2v) is 10.0. The zero-order valence-corrected chi connectivity index (χ0v) is 20.7. The molecule has 0 saturated heterocycles. The molecule has 3 aromatic rings. The predicted molar refractivity (Wildman–Crippen MR) is 131 cm³/mol. The number of benzene rings is 2. The van der Waals surface area contributed by atoms with Crippen molar-refractivity contribution >= 4 is 33.4 Å². The van der Waals surface area contributed by atoms with Crippen LogP contribution in [0.5, 0.6) is 5.75 Å². The van der Waals surface area contributed by atoms with Crippen LogP contribution in [0.4, 0.5) is 5.69 Å². The monoisotopic (exact) mass is 488 g/mol. The molecule has 0 aliphatic carbocycles. The third-order valence-electron chi connectivity index (χ3n) is 5.07. The number of methoxy groups -OCH3 is 1. The van der Waals surface area contributed by atoms with E-state index in [4.69, 9.17) is 4.74 Å². The molecule has 10 heteroatoms. The Hall–Kier alpha value is -2.82. The Morgan fingerprint density at radius 3 is 2.64 bits per heavy atom. The first kappa shape index (κ1) is 24.8. The molecule has 1 aromatic heterocycles. The van der Waals surface area contributed by atoms with Gasteiger partial charge in [0.15, 0.2) is 5.16 Å². The Bertz CT molecular complexity index is 1220. The van der Waals surface area contributed by atoms with E-state index < -0.39 is 10.0 Å². The van der Waals surface area contributed by atoms with E-state index in [0.29, 0.717) is 29.5 Å². The van der Waals surface area contributed by atoms with Crippen LogP contribution >= 0.6 is 11.8 Å². The summed E-state index contributed by atoms with van der Waals surface area (Å²) < 4.78 is 34.4. The van der Waals surface area contributed by atoms with Gasteiger partial charge in [0.25, 0.3) is 0 Å². The molecule has 8 nitrogen and oxygen atoms in total. The number of hydrogen-bond acceptors (Lipinski definition) is 6. The van der Waals surface area contributed by atoms with Crippen molar-refractivity contribution in [2.45, 2.75) is 30.8 Å². The fourth-order valence-corrected chi connectivity index (χ4v) is 5.82. The van der Waals surface area contributed by atoms with E-state index in [2.05, 4.69) is 10.3 Å². The largest absolute Gasteiger partial charge is 0.497 e. The third-order valence-corrected chi connectivity index (χ3v) is 8.22. The molecule has 1 N–H and O–H groups in total. The van der Waals surface area contributed by atoms with Crippen molar-refractivity contribution in [3.63, 3.8) is 0 Å². The van der Waals surface area contributed by atoms with Gasteiger partial charge in [0, 0.05) is 37.2 Å². The molecule has 1 amide bonds. The van der Waals surface area contributed by atoms with Crippen LogP contribution in [-0.4, -0.2) is 54.1 Å². The Balaban J connectivity index is 1.71. The van der Waals surface area contributed by atoms with E-state index in [1.54, 1.807) is 46.2 Å². The van der Waals surface area contributed by atoms with Gasteiger partial charge >= 0.3 is 0 Å². The lowest BCUT2D eigenvalue weighted by Crippen LogP contribution is -2.31. The molecular weight excluding hydrogens is 460 g/mol. The minimum Gasteiger partial charge on any atom is -0.497 e. The van der Waals surface area contributed by atoms with E-state index >= 15 is 0 Å². The first-order valence-electron chi connectivity index (χ1n) is 10.5. The van der Waals surface area contributed by atoms with E-state index in [1.165, 1.54) is 22.1 Å². The average Bonchev–Trinajstić information content (AvgIpc) is 3.28. The molecule has 3 rings (SSSR count). The Morgan fingerprint density at radius 2 is 1.94 bits per heavy atom. The lowest BCUT2D eigenvalue weighted by atomic mass is 10.2. The Labute approximate surface area is 199 Å². The van der Waals surface area contributed by atoms with Gasteiger partial charge in [-0.2, -0.15) is 4.31 Å². The molecule has 0 unspecified atom stereocenters. The number of imidazole rings is 1. The van der Waals surface area contributed by atoms with Crippen molar-refractivity contribution < 1.29 is 17.9 Å². The van der Waals surface area contributed by atoms with Crippen LogP contribution < -0.4 is 10.1 Å². The van der Waals surface area contributed by atoms with Crippen molar-refractivity contribution in [3.05, 3.63) is 60.4 Å². The number of rotatable bonds is 10. The molecular formula is C23H28N4O4S2. The molecule has 0 spiro atoms. The summed E-state index contributed by atoms with van der Waals surface area (Å²) in [5.41, 5.74) is 1.95. The van der Waals surface area contributed by atoms with Crippen molar-refractivity contribution in [2.75, 3.05) is 31.3 Å². The molecule has 0 saturated carbocycles. The summed E-state index contributed by atoms with van der Waals surface area (Å²) in [6.45, 7) is 6.11. The SMILES string of the molecule is CCN(CC)S(=O)(=O)c1cc(NC(=O)CSc2nccn2-c2cccc(OC)c2)ccc1C. The van der Waals surface area contributed by atoms with Gasteiger partial charge in [0.1, 0.15) is 5.75 Å². The number of thioether (sulfide) groups is 1. The molecule has 0 aliphatic rings. The first-order chi connectivity index (χ1) is 15.8. The molecule has 1 heterocycles. The number of carbonyl (C=O) groups is 1. The predicted octanol–water partition coefficient (Wildman–Crippen LogP) is 3.95. The van der Waals surface area contributed by atoms with Gasteiger partial charge in [0.05, 0.1) is 23.4 Å². The van der Waals surface area contributed by atoms with Gasteiger partial charge in [-0.25, -0.2) is 13.4 Å². The number of nitrogens with zero attached hydrogens (tertiary/aromatic N) is 3. The summed E-state index contributed by atoms with van der Waals surface area (Å²) in [6, 6.07) is 12.5. The third kappa shape index (κ3) is 5.76. The van der Waals surface area contributed by atoms with Crippen LogP contribution in [0.2, 0.25) is 0 Å². The summed E-state index contributed by atoms with van der Waals surface area (Å²) in [7, 11) is -2.02. The summed E-state index contributed by atoms with van der Waals surface area (Å²) in [5, 5.41) is 3.46. The number of hydrogen-bond donors (Lipinski definition) is 1. The molecule has 0 radical (unpaired) electrons. The summed E-state index contributed by atoms with van der Waals surface area (Å²) in [5.74, 6) is 0.590. The molecule has 0 aliphatic heterocycles. The zero-order chi connectivity index (χ0) is 24.0. The highest BCUT2D eigenvalue weighted by Gasteiger charge is 2.24. The minimum absolute atomic E-state index is 0.118. The number of ether oxygens (including phenoxy) is 1. The number of aryl methyl sites for hydroxylation is 1. The topological polar surface area (TPSA) is 93.5 Å². The maximum atomic E-state index is 12.9. The zero-order valence-electron chi connectivity index (χ0n) is 19.1. The van der Waals surface area contributed by atoms with Crippen molar-refractivity contribution in [3.8, 4) is 11.4 Å². The number of amides is 1. The van der Waals surface area contributed by atoms with Crippen LogP contribution in [0, 0.1) is 6.92 Å². The lowest BCUT2D eigenvalue weighted by Gasteiger charge is -2.20. The van der Waals surface area contributed by atoms with Crippen LogP contribution in [0.3, 0.4) is 0 Å². The van der Waals surface area contributed by atoms with Crippen LogP contribution in [-0.2, 0) is 14.8 Å². The fourth-order valence-electron chi connectivity index (χ4n) is 3.34. The van der Waals surface area contributed by atoms with Gasteiger partial charge in [-0.1, -0.05) is 37.7 Å². The van der Waals surface area contributed by atoms with Crippen molar-refractivity contribution in [1.82, 2.24) is 13.9 Å². The minimum atomic E-state index is -3.63. The number of anilines is 1. The average molecular weight is 489 g/mol. The van der Waals surface area contributed by atoms with E-state index in [9.17, 15) is 13.2 Å². The molecule has 0 fully saturated rings. The van der Waals surface area contributed by atoms with E-state index in [1.807, 2.05) is 35.0 Å². The number of sulfonamides is 1. The van der Waals surface area contributed by atoms with E-state index in [-0.39, 0.29) is 16.6 Å².